The third-order valence-electron chi connectivity index (χ3n) is 2.08. The lowest BCUT2D eigenvalue weighted by atomic mass is 10.3. The van der Waals surface area contributed by atoms with Crippen molar-refractivity contribution in [3.63, 3.8) is 0 Å². The largest absolute Gasteiger partial charge is 0.598 e. The van der Waals surface area contributed by atoms with E-state index in [1.807, 2.05) is 6.92 Å². The number of hydrogen-bond acceptors (Lipinski definition) is 7. The minimum absolute atomic E-state index is 0.238. The molecule has 1 aromatic rings. The topological polar surface area (TPSA) is 120 Å². The molecular weight excluding hydrogens is 244 g/mol. The summed E-state index contributed by atoms with van der Waals surface area (Å²) in [5.74, 6) is 1.17. The van der Waals surface area contributed by atoms with Gasteiger partial charge in [-0.25, -0.2) is 0 Å². The lowest BCUT2D eigenvalue weighted by Gasteiger charge is -2.08. The summed E-state index contributed by atoms with van der Waals surface area (Å²) in [6.07, 6.45) is 1.91. The average molecular weight is 262 g/mol. The predicted molar refractivity (Wildman–Crippen MR) is 63.1 cm³/mol. The van der Waals surface area contributed by atoms with E-state index in [1.54, 1.807) is 0 Å². The Kier molecular flexibility index (Phi) is 6.45. The predicted octanol–water partition coefficient (Wildman–Crippen LogP) is -0.385. The summed E-state index contributed by atoms with van der Waals surface area (Å²) in [4.78, 5) is 3.97. The maximum Gasteiger partial charge on any atom is 0.245 e. The molecule has 0 saturated heterocycles. The van der Waals surface area contributed by atoms with Crippen molar-refractivity contribution < 1.29 is 14.2 Å². The second-order valence-corrected chi connectivity index (χ2v) is 4.95. The highest BCUT2D eigenvalue weighted by Crippen LogP contribution is 2.05. The van der Waals surface area contributed by atoms with Gasteiger partial charge in [0.2, 0.25) is 5.89 Å². The number of aromatic nitrogens is 2. The van der Waals surface area contributed by atoms with Crippen molar-refractivity contribution in [1.82, 2.24) is 14.9 Å². The number of hydrogen-bond donors (Lipinski definition) is 3. The van der Waals surface area contributed by atoms with Crippen molar-refractivity contribution in [2.75, 3.05) is 12.4 Å². The van der Waals surface area contributed by atoms with Crippen LogP contribution < -0.4 is 10.5 Å². The zero-order valence-electron chi connectivity index (χ0n) is 9.76. The first-order chi connectivity index (χ1) is 8.17. The van der Waals surface area contributed by atoms with Gasteiger partial charge in [0, 0.05) is 11.4 Å². The molecule has 0 fully saturated rings. The lowest BCUT2D eigenvalue weighted by molar-refractivity contribution is 0.259. The molecule has 1 rings (SSSR count). The Hall–Kier alpha value is -0.670. The Morgan fingerprint density at radius 2 is 2.41 bits per heavy atom. The zero-order valence-corrected chi connectivity index (χ0v) is 10.6. The van der Waals surface area contributed by atoms with Gasteiger partial charge in [-0.3, -0.25) is 0 Å². The van der Waals surface area contributed by atoms with E-state index >= 15 is 0 Å². The molecule has 0 radical (unpaired) electrons. The molecule has 2 atom stereocenters. The second-order valence-electron chi connectivity index (χ2n) is 3.56. The summed E-state index contributed by atoms with van der Waals surface area (Å²) < 4.78 is 19.1. The molecule has 17 heavy (non-hydrogen) atoms. The fraction of sp³-hybridized carbons (Fsp3) is 0.778. The first-order valence-electron chi connectivity index (χ1n) is 5.48. The van der Waals surface area contributed by atoms with E-state index in [-0.39, 0.29) is 19.0 Å². The first-order valence-corrected chi connectivity index (χ1v) is 6.80. The van der Waals surface area contributed by atoms with E-state index in [4.69, 9.17) is 15.4 Å². The van der Waals surface area contributed by atoms with E-state index < -0.39 is 17.4 Å². The van der Waals surface area contributed by atoms with Crippen LogP contribution in [0.5, 0.6) is 0 Å². The minimum Gasteiger partial charge on any atom is -0.598 e. The Bertz CT molecular complexity index is 323. The summed E-state index contributed by atoms with van der Waals surface area (Å²) in [5, 5.41) is 12.4. The zero-order chi connectivity index (χ0) is 12.7. The summed E-state index contributed by atoms with van der Waals surface area (Å²) in [7, 11) is 0. The molecule has 0 aromatic carbocycles. The third kappa shape index (κ3) is 5.00. The van der Waals surface area contributed by atoms with Crippen LogP contribution in [0.2, 0.25) is 0 Å². The number of nitrogens with two attached hydrogens (primary N) is 1. The van der Waals surface area contributed by atoms with Crippen LogP contribution in [0.15, 0.2) is 4.52 Å². The van der Waals surface area contributed by atoms with E-state index in [2.05, 4.69) is 14.9 Å². The Labute approximate surface area is 103 Å². The van der Waals surface area contributed by atoms with E-state index in [0.29, 0.717) is 11.6 Å². The molecule has 8 heteroatoms. The van der Waals surface area contributed by atoms with Gasteiger partial charge < -0.3 is 19.9 Å². The normalized spacial score (nSPS) is 14.8. The number of nitrogens with zero attached hydrogens (tertiary/aromatic N) is 2. The highest BCUT2D eigenvalue weighted by atomic mass is 32.2. The molecule has 0 aliphatic rings. The molecule has 7 nitrogen and oxygen atoms in total. The molecule has 4 N–H and O–H groups in total. The third-order valence-corrected chi connectivity index (χ3v) is 3.21. The SMILES string of the molecule is CCCC[S+]([O-])NCc1nc(C(N)CO)no1. The quantitative estimate of drug-likeness (QED) is 0.546. The van der Waals surface area contributed by atoms with Crippen molar-refractivity contribution in [1.29, 1.82) is 0 Å². The maximum absolute atomic E-state index is 11.4. The Morgan fingerprint density at radius 3 is 3.06 bits per heavy atom. The fourth-order valence-electron chi connectivity index (χ4n) is 1.06. The highest BCUT2D eigenvalue weighted by molar-refractivity contribution is 7.89. The van der Waals surface area contributed by atoms with Crippen LogP contribution in [0.3, 0.4) is 0 Å². The van der Waals surface area contributed by atoms with Gasteiger partial charge in [-0.2, -0.15) is 4.98 Å². The van der Waals surface area contributed by atoms with Gasteiger partial charge in [-0.05, 0) is 6.42 Å². The number of rotatable bonds is 8. The second kappa shape index (κ2) is 7.62. The van der Waals surface area contributed by atoms with E-state index in [9.17, 15) is 4.55 Å². The number of unbranched alkanes of at least 4 members (excludes halogenated alkanes) is 1. The van der Waals surface area contributed by atoms with Gasteiger partial charge in [0.25, 0.3) is 0 Å². The van der Waals surface area contributed by atoms with Crippen molar-refractivity contribution in [2.45, 2.75) is 32.4 Å². The van der Waals surface area contributed by atoms with Crippen LogP contribution in [0.25, 0.3) is 0 Å². The van der Waals surface area contributed by atoms with Gasteiger partial charge in [0.05, 0.1) is 12.6 Å². The van der Waals surface area contributed by atoms with Crippen LogP contribution in [0, 0.1) is 0 Å². The molecule has 98 valence electrons. The van der Waals surface area contributed by atoms with Crippen molar-refractivity contribution in [3.8, 4) is 0 Å². The monoisotopic (exact) mass is 262 g/mol. The van der Waals surface area contributed by atoms with Crippen molar-refractivity contribution in [2.24, 2.45) is 5.73 Å². The van der Waals surface area contributed by atoms with Crippen LogP contribution in [-0.2, 0) is 17.9 Å². The van der Waals surface area contributed by atoms with Crippen LogP contribution in [0.4, 0.5) is 0 Å². The van der Waals surface area contributed by atoms with Crippen LogP contribution >= 0.6 is 0 Å². The van der Waals surface area contributed by atoms with Crippen molar-refractivity contribution >= 4 is 11.4 Å². The smallest absolute Gasteiger partial charge is 0.245 e. The first kappa shape index (κ1) is 14.4. The average Bonchev–Trinajstić information content (AvgIpc) is 2.81. The number of aliphatic hydroxyl groups excluding tert-OH is 1. The summed E-state index contributed by atoms with van der Waals surface area (Å²) in [6, 6.07) is -0.641. The summed E-state index contributed by atoms with van der Waals surface area (Å²) in [5.41, 5.74) is 5.51. The standard InChI is InChI=1S/C9H18N4O3S/c1-2-3-4-17(15)11-5-8-12-9(13-16-8)7(10)6-14/h7,11,14H,2-6,10H2,1H3. The lowest BCUT2D eigenvalue weighted by Crippen LogP contribution is -2.26. The molecule has 0 aliphatic heterocycles. The molecule has 0 aliphatic carbocycles. The minimum atomic E-state index is -1.08. The molecular formula is C9H18N4O3S. The highest BCUT2D eigenvalue weighted by Gasteiger charge is 2.14. The molecule has 1 heterocycles. The van der Waals surface area contributed by atoms with Gasteiger partial charge in [0.15, 0.2) is 5.82 Å². The molecule has 0 amide bonds. The molecule has 0 spiro atoms. The van der Waals surface area contributed by atoms with Gasteiger partial charge in [0.1, 0.15) is 12.3 Å². The maximum atomic E-state index is 11.4. The molecule has 0 bridgehead atoms. The fourth-order valence-corrected chi connectivity index (χ4v) is 2.04. The van der Waals surface area contributed by atoms with Crippen LogP contribution in [-0.4, -0.2) is 32.2 Å². The number of nitrogens with one attached hydrogen (secondary N) is 1. The van der Waals surface area contributed by atoms with Gasteiger partial charge in [-0.15, -0.1) is 4.72 Å². The van der Waals surface area contributed by atoms with Gasteiger partial charge in [-0.1, -0.05) is 18.5 Å². The molecule has 2 unspecified atom stereocenters. The molecule has 1 aromatic heterocycles. The Balaban J connectivity index is 2.34. The Morgan fingerprint density at radius 1 is 1.65 bits per heavy atom. The number of aliphatic hydroxyl groups is 1. The van der Waals surface area contributed by atoms with E-state index in [1.165, 1.54) is 0 Å². The summed E-state index contributed by atoms with van der Waals surface area (Å²) >= 11 is -1.08. The summed E-state index contributed by atoms with van der Waals surface area (Å²) in [6.45, 7) is 2.04. The molecule has 0 saturated carbocycles. The van der Waals surface area contributed by atoms with E-state index in [0.717, 1.165) is 12.8 Å². The van der Waals surface area contributed by atoms with Gasteiger partial charge >= 0.3 is 0 Å². The van der Waals surface area contributed by atoms with Crippen molar-refractivity contribution in [3.05, 3.63) is 11.7 Å². The van der Waals surface area contributed by atoms with Crippen LogP contribution in [0.1, 0.15) is 37.5 Å².